The van der Waals surface area contributed by atoms with Crippen LogP contribution in [0, 0.1) is 0 Å². The van der Waals surface area contributed by atoms with Crippen molar-refractivity contribution in [3.63, 3.8) is 0 Å². The molecule has 0 aliphatic rings. The zero-order valence-electron chi connectivity index (χ0n) is 7.50. The van der Waals surface area contributed by atoms with Crippen LogP contribution in [0.5, 0.6) is 0 Å². The fraction of sp³-hybridized carbons (Fsp3) is 0.200. The second-order valence-electron chi connectivity index (χ2n) is 2.93. The summed E-state index contributed by atoms with van der Waals surface area (Å²) < 4.78 is 5.12. The van der Waals surface area contributed by atoms with Crippen molar-refractivity contribution in [3.05, 3.63) is 48.4 Å². The highest BCUT2D eigenvalue weighted by Gasteiger charge is 2.10. The molecule has 1 N–H and O–H groups in total. The smallest absolute Gasteiger partial charge is 0.115 e. The summed E-state index contributed by atoms with van der Waals surface area (Å²) in [5.41, 5.74) is 0.608. The van der Waals surface area contributed by atoms with Gasteiger partial charge in [-0.3, -0.25) is 0 Å². The Labute approximate surface area is 81.2 Å². The molecule has 2 heterocycles. The van der Waals surface area contributed by atoms with Crippen LogP contribution in [0.25, 0.3) is 0 Å². The number of aliphatic hydroxyl groups is 1. The molecule has 72 valence electrons. The maximum absolute atomic E-state index is 9.74. The molecule has 4 heteroatoms. The molecule has 0 radical (unpaired) electrons. The third-order valence-corrected chi connectivity index (χ3v) is 1.92. The van der Waals surface area contributed by atoms with Crippen LogP contribution in [0.1, 0.15) is 17.6 Å². The topological polar surface area (TPSA) is 59.2 Å². The van der Waals surface area contributed by atoms with Gasteiger partial charge < -0.3 is 9.52 Å². The van der Waals surface area contributed by atoms with Crippen molar-refractivity contribution in [3.8, 4) is 0 Å². The monoisotopic (exact) mass is 190 g/mol. The Morgan fingerprint density at radius 2 is 2.36 bits per heavy atom. The van der Waals surface area contributed by atoms with Gasteiger partial charge in [-0.1, -0.05) is 0 Å². The van der Waals surface area contributed by atoms with E-state index in [4.69, 9.17) is 4.42 Å². The summed E-state index contributed by atoms with van der Waals surface area (Å²) in [5, 5.41) is 9.74. The van der Waals surface area contributed by atoms with Gasteiger partial charge in [0, 0.05) is 12.6 Å². The molecule has 2 aromatic heterocycles. The number of aliphatic hydroxyl groups excluding tert-OH is 1. The van der Waals surface area contributed by atoms with Gasteiger partial charge in [0.2, 0.25) is 0 Å². The quantitative estimate of drug-likeness (QED) is 0.793. The van der Waals surface area contributed by atoms with E-state index in [1.54, 1.807) is 24.6 Å². The Kier molecular flexibility index (Phi) is 2.55. The van der Waals surface area contributed by atoms with Crippen LogP contribution in [0.3, 0.4) is 0 Å². The molecule has 0 spiro atoms. The van der Waals surface area contributed by atoms with Crippen molar-refractivity contribution in [2.45, 2.75) is 12.5 Å². The lowest BCUT2D eigenvalue weighted by atomic mass is 10.1. The van der Waals surface area contributed by atoms with E-state index in [0.717, 1.165) is 5.76 Å². The molecule has 2 aromatic rings. The van der Waals surface area contributed by atoms with Gasteiger partial charge in [-0.25, -0.2) is 9.97 Å². The molecule has 0 aliphatic heterocycles. The SMILES string of the molecule is OC(Cc1ccco1)c1ccncn1. The van der Waals surface area contributed by atoms with Gasteiger partial charge in [-0.2, -0.15) is 0 Å². The highest BCUT2D eigenvalue weighted by molar-refractivity contribution is 5.07. The molecule has 0 amide bonds. The van der Waals surface area contributed by atoms with Crippen molar-refractivity contribution in [2.75, 3.05) is 0 Å². The zero-order valence-corrected chi connectivity index (χ0v) is 7.50. The van der Waals surface area contributed by atoms with E-state index < -0.39 is 6.10 Å². The van der Waals surface area contributed by atoms with Gasteiger partial charge in [0.15, 0.2) is 0 Å². The predicted molar refractivity (Wildman–Crippen MR) is 49.4 cm³/mol. The largest absolute Gasteiger partial charge is 0.469 e. The molecule has 14 heavy (non-hydrogen) atoms. The number of furan rings is 1. The third-order valence-electron chi connectivity index (χ3n) is 1.92. The van der Waals surface area contributed by atoms with E-state index in [-0.39, 0.29) is 0 Å². The molecule has 1 atom stereocenters. The zero-order chi connectivity index (χ0) is 9.80. The van der Waals surface area contributed by atoms with E-state index in [0.29, 0.717) is 12.1 Å². The summed E-state index contributed by atoms with van der Waals surface area (Å²) in [5.74, 6) is 0.746. The molecule has 1 unspecified atom stereocenters. The summed E-state index contributed by atoms with van der Waals surface area (Å²) in [6.45, 7) is 0. The average Bonchev–Trinajstić information content (AvgIpc) is 2.72. The Morgan fingerprint density at radius 1 is 1.43 bits per heavy atom. The first-order chi connectivity index (χ1) is 6.86. The van der Waals surface area contributed by atoms with Crippen molar-refractivity contribution in [1.29, 1.82) is 0 Å². The van der Waals surface area contributed by atoms with Crippen LogP contribution in [-0.2, 0) is 6.42 Å². The maximum atomic E-state index is 9.74. The summed E-state index contributed by atoms with van der Waals surface area (Å²) >= 11 is 0. The van der Waals surface area contributed by atoms with Gasteiger partial charge in [-0.05, 0) is 18.2 Å². The minimum atomic E-state index is -0.635. The Morgan fingerprint density at radius 3 is 3.00 bits per heavy atom. The third kappa shape index (κ3) is 1.97. The van der Waals surface area contributed by atoms with E-state index >= 15 is 0 Å². The molecule has 4 nitrogen and oxygen atoms in total. The van der Waals surface area contributed by atoms with Crippen molar-refractivity contribution >= 4 is 0 Å². The average molecular weight is 190 g/mol. The van der Waals surface area contributed by atoms with Gasteiger partial charge >= 0.3 is 0 Å². The summed E-state index contributed by atoms with van der Waals surface area (Å²) in [4.78, 5) is 7.74. The number of hydrogen-bond acceptors (Lipinski definition) is 4. The molecular weight excluding hydrogens is 180 g/mol. The Balaban J connectivity index is 2.07. The Bertz CT molecular complexity index is 372. The molecule has 0 saturated carbocycles. The van der Waals surface area contributed by atoms with Crippen molar-refractivity contribution < 1.29 is 9.52 Å². The number of hydrogen-bond donors (Lipinski definition) is 1. The predicted octanol–water partition coefficient (Wildman–Crippen LogP) is 1.35. The first kappa shape index (κ1) is 8.90. The normalized spacial score (nSPS) is 12.6. The number of rotatable bonds is 3. The van der Waals surface area contributed by atoms with Crippen LogP contribution in [0.2, 0.25) is 0 Å². The van der Waals surface area contributed by atoms with E-state index in [1.807, 2.05) is 6.07 Å². The van der Waals surface area contributed by atoms with E-state index in [9.17, 15) is 5.11 Å². The van der Waals surface area contributed by atoms with Crippen molar-refractivity contribution in [1.82, 2.24) is 9.97 Å². The first-order valence-electron chi connectivity index (χ1n) is 4.32. The molecule has 0 aromatic carbocycles. The maximum Gasteiger partial charge on any atom is 0.115 e. The minimum Gasteiger partial charge on any atom is -0.469 e. The first-order valence-corrected chi connectivity index (χ1v) is 4.32. The fourth-order valence-electron chi connectivity index (χ4n) is 1.22. The lowest BCUT2D eigenvalue weighted by Gasteiger charge is -2.06. The van der Waals surface area contributed by atoms with Crippen LogP contribution in [-0.4, -0.2) is 15.1 Å². The van der Waals surface area contributed by atoms with E-state index in [1.165, 1.54) is 6.33 Å². The van der Waals surface area contributed by atoms with Crippen LogP contribution < -0.4 is 0 Å². The molecule has 0 bridgehead atoms. The summed E-state index contributed by atoms with van der Waals surface area (Å²) in [6.07, 6.45) is 4.41. The lowest BCUT2D eigenvalue weighted by molar-refractivity contribution is 0.165. The number of aromatic nitrogens is 2. The van der Waals surface area contributed by atoms with Crippen molar-refractivity contribution in [2.24, 2.45) is 0 Å². The highest BCUT2D eigenvalue weighted by Crippen LogP contribution is 2.15. The molecule has 0 aliphatic carbocycles. The minimum absolute atomic E-state index is 0.435. The highest BCUT2D eigenvalue weighted by atomic mass is 16.3. The fourth-order valence-corrected chi connectivity index (χ4v) is 1.22. The standard InChI is InChI=1S/C10H10N2O2/c13-10(6-8-2-1-5-14-8)9-3-4-11-7-12-9/h1-5,7,10,13H,6H2. The second kappa shape index (κ2) is 4.02. The summed E-state index contributed by atoms with van der Waals surface area (Å²) in [6, 6.07) is 5.31. The van der Waals surface area contributed by atoms with Gasteiger partial charge in [-0.15, -0.1) is 0 Å². The molecular formula is C10H10N2O2. The van der Waals surface area contributed by atoms with Gasteiger partial charge in [0.05, 0.1) is 12.0 Å². The lowest BCUT2D eigenvalue weighted by Crippen LogP contribution is -2.03. The second-order valence-corrected chi connectivity index (χ2v) is 2.93. The van der Waals surface area contributed by atoms with Crippen LogP contribution >= 0.6 is 0 Å². The molecule has 0 saturated heterocycles. The van der Waals surface area contributed by atoms with Crippen LogP contribution in [0.15, 0.2) is 41.4 Å². The molecule has 0 fully saturated rings. The molecule has 2 rings (SSSR count). The Hall–Kier alpha value is -1.68. The van der Waals surface area contributed by atoms with Gasteiger partial charge in [0.1, 0.15) is 18.2 Å². The van der Waals surface area contributed by atoms with Gasteiger partial charge in [0.25, 0.3) is 0 Å². The summed E-state index contributed by atoms with van der Waals surface area (Å²) in [7, 11) is 0. The number of nitrogens with zero attached hydrogens (tertiary/aromatic N) is 2. The van der Waals surface area contributed by atoms with E-state index in [2.05, 4.69) is 9.97 Å². The van der Waals surface area contributed by atoms with Crippen LogP contribution in [0.4, 0.5) is 0 Å².